The van der Waals surface area contributed by atoms with E-state index >= 15 is 0 Å². The van der Waals surface area contributed by atoms with Crippen molar-refractivity contribution in [1.29, 1.82) is 0 Å². The van der Waals surface area contributed by atoms with Crippen molar-refractivity contribution in [2.45, 2.75) is 174 Å². The van der Waals surface area contributed by atoms with Crippen LogP contribution >= 0.6 is 0 Å². The van der Waals surface area contributed by atoms with Gasteiger partial charge in [0, 0.05) is 6.42 Å². The van der Waals surface area contributed by atoms with Crippen LogP contribution < -0.4 is 5.32 Å². The molecule has 4 nitrogen and oxygen atoms in total. The second-order valence-corrected chi connectivity index (χ2v) is 10.2. The fraction of sp³-hybridized carbons (Fsp3) is 0.966. The number of hydrogen-bond donors (Lipinski definition) is 3. The van der Waals surface area contributed by atoms with E-state index in [1.165, 1.54) is 109 Å². The van der Waals surface area contributed by atoms with Gasteiger partial charge in [-0.05, 0) is 12.8 Å². The molecule has 0 bridgehead atoms. The van der Waals surface area contributed by atoms with Crippen LogP contribution in [0.5, 0.6) is 0 Å². The van der Waals surface area contributed by atoms with Gasteiger partial charge in [-0.1, -0.05) is 142 Å². The maximum absolute atomic E-state index is 12.2. The van der Waals surface area contributed by atoms with Crippen LogP contribution in [0.25, 0.3) is 0 Å². The minimum Gasteiger partial charge on any atom is -0.394 e. The molecule has 0 saturated heterocycles. The van der Waals surface area contributed by atoms with Gasteiger partial charge >= 0.3 is 0 Å². The Morgan fingerprint density at radius 1 is 0.606 bits per heavy atom. The minimum atomic E-state index is -0.648. The zero-order valence-corrected chi connectivity index (χ0v) is 22.4. The Morgan fingerprint density at radius 3 is 1.36 bits per heavy atom. The van der Waals surface area contributed by atoms with Crippen LogP contribution in [0.2, 0.25) is 0 Å². The van der Waals surface area contributed by atoms with Gasteiger partial charge in [0.05, 0.1) is 18.8 Å². The Balaban J connectivity index is 3.60. The molecule has 0 saturated carbocycles. The highest BCUT2D eigenvalue weighted by molar-refractivity contribution is 5.76. The zero-order chi connectivity index (χ0) is 24.4. The molecule has 33 heavy (non-hydrogen) atoms. The molecule has 2 atom stereocenters. The highest BCUT2D eigenvalue weighted by atomic mass is 16.3. The molecular formula is C29H59NO3. The summed E-state index contributed by atoms with van der Waals surface area (Å²) in [6.07, 6.45) is 27.1. The quantitative estimate of drug-likeness (QED) is 0.113. The van der Waals surface area contributed by atoms with Gasteiger partial charge in [0.25, 0.3) is 0 Å². The summed E-state index contributed by atoms with van der Waals surface area (Å²) in [6.45, 7) is 4.31. The van der Waals surface area contributed by atoms with Gasteiger partial charge in [-0.25, -0.2) is 0 Å². The van der Waals surface area contributed by atoms with Crippen molar-refractivity contribution >= 4 is 5.91 Å². The summed E-state index contributed by atoms with van der Waals surface area (Å²) in [5.41, 5.74) is 0. The molecule has 0 aliphatic heterocycles. The van der Waals surface area contributed by atoms with E-state index in [1.807, 2.05) is 0 Å². The van der Waals surface area contributed by atoms with Crippen LogP contribution in [0.3, 0.4) is 0 Å². The number of carbonyl (C=O) groups is 1. The maximum atomic E-state index is 12.2. The Morgan fingerprint density at radius 2 is 0.970 bits per heavy atom. The smallest absolute Gasteiger partial charge is 0.220 e. The summed E-state index contributed by atoms with van der Waals surface area (Å²) < 4.78 is 0. The van der Waals surface area contributed by atoms with E-state index in [9.17, 15) is 15.0 Å². The number of unbranched alkanes of at least 4 members (excludes halogenated alkanes) is 19. The van der Waals surface area contributed by atoms with E-state index in [0.717, 1.165) is 25.7 Å². The number of rotatable bonds is 26. The Bertz CT molecular complexity index is 402. The fourth-order valence-electron chi connectivity index (χ4n) is 4.53. The van der Waals surface area contributed by atoms with Crippen molar-refractivity contribution in [2.24, 2.45) is 0 Å². The van der Waals surface area contributed by atoms with Gasteiger partial charge in [0.15, 0.2) is 0 Å². The molecule has 4 heteroatoms. The van der Waals surface area contributed by atoms with Gasteiger partial charge in [-0.15, -0.1) is 0 Å². The zero-order valence-electron chi connectivity index (χ0n) is 22.4. The summed E-state index contributed by atoms with van der Waals surface area (Å²) in [5.74, 6) is -0.0351. The van der Waals surface area contributed by atoms with Gasteiger partial charge in [-0.2, -0.15) is 0 Å². The third-order valence-electron chi connectivity index (χ3n) is 6.87. The first-order valence-electron chi connectivity index (χ1n) is 14.7. The molecular weight excluding hydrogens is 410 g/mol. The van der Waals surface area contributed by atoms with E-state index in [2.05, 4.69) is 19.2 Å². The SMILES string of the molecule is CCCCCCCCCCCCCC(=O)N[C@@H](CO)[C@H](O)CCCCCCCCCCCC. The first kappa shape index (κ1) is 32.4. The second-order valence-electron chi connectivity index (χ2n) is 10.2. The summed E-state index contributed by atoms with van der Waals surface area (Å²) in [5, 5.41) is 22.8. The largest absolute Gasteiger partial charge is 0.394 e. The van der Waals surface area contributed by atoms with Gasteiger partial charge in [-0.3, -0.25) is 4.79 Å². The molecule has 0 unspecified atom stereocenters. The Labute approximate surface area is 206 Å². The van der Waals surface area contributed by atoms with Crippen LogP contribution in [-0.4, -0.2) is 34.9 Å². The van der Waals surface area contributed by atoms with Crippen molar-refractivity contribution in [1.82, 2.24) is 5.32 Å². The lowest BCUT2D eigenvalue weighted by molar-refractivity contribution is -0.123. The van der Waals surface area contributed by atoms with Crippen molar-refractivity contribution in [3.63, 3.8) is 0 Å². The molecule has 198 valence electrons. The van der Waals surface area contributed by atoms with E-state index in [4.69, 9.17) is 0 Å². The lowest BCUT2D eigenvalue weighted by Gasteiger charge is -2.22. The lowest BCUT2D eigenvalue weighted by Crippen LogP contribution is -2.45. The van der Waals surface area contributed by atoms with E-state index in [0.29, 0.717) is 12.8 Å². The molecule has 3 N–H and O–H groups in total. The number of nitrogens with one attached hydrogen (secondary N) is 1. The predicted molar refractivity (Wildman–Crippen MR) is 143 cm³/mol. The van der Waals surface area contributed by atoms with Crippen LogP contribution in [0, 0.1) is 0 Å². The molecule has 0 aromatic carbocycles. The average molecular weight is 470 g/mol. The minimum absolute atomic E-state index is 0.0351. The summed E-state index contributed by atoms with van der Waals surface area (Å²) in [4.78, 5) is 12.2. The highest BCUT2D eigenvalue weighted by Crippen LogP contribution is 2.14. The predicted octanol–water partition coefficient (Wildman–Crippen LogP) is 7.84. The standard InChI is InChI=1S/C29H59NO3/c1-3-5-7-9-11-13-15-17-19-21-23-25-29(33)30-27(26-31)28(32)24-22-20-18-16-14-12-10-8-6-4-2/h27-28,31-32H,3-26H2,1-2H3,(H,30,33)/t27-,28+/m0/s1. The topological polar surface area (TPSA) is 69.6 Å². The van der Waals surface area contributed by atoms with Crippen molar-refractivity contribution in [3.05, 3.63) is 0 Å². The second kappa shape index (κ2) is 26.0. The summed E-state index contributed by atoms with van der Waals surface area (Å²) in [7, 11) is 0. The molecule has 0 heterocycles. The van der Waals surface area contributed by atoms with E-state index < -0.39 is 12.1 Å². The maximum Gasteiger partial charge on any atom is 0.220 e. The molecule has 1 amide bonds. The number of carbonyl (C=O) groups excluding carboxylic acids is 1. The van der Waals surface area contributed by atoms with Crippen molar-refractivity contribution < 1.29 is 15.0 Å². The molecule has 0 rings (SSSR count). The first-order valence-corrected chi connectivity index (χ1v) is 14.7. The van der Waals surface area contributed by atoms with Gasteiger partial charge in [0.1, 0.15) is 0 Å². The van der Waals surface area contributed by atoms with Crippen LogP contribution in [0.15, 0.2) is 0 Å². The number of aliphatic hydroxyl groups excluding tert-OH is 2. The van der Waals surface area contributed by atoms with Crippen LogP contribution in [0.1, 0.15) is 162 Å². The lowest BCUT2D eigenvalue weighted by atomic mass is 10.0. The normalized spacial score (nSPS) is 13.2. The molecule has 0 spiro atoms. The van der Waals surface area contributed by atoms with E-state index in [-0.39, 0.29) is 12.5 Å². The molecule has 0 aromatic rings. The third-order valence-corrected chi connectivity index (χ3v) is 6.87. The van der Waals surface area contributed by atoms with Gasteiger partial charge < -0.3 is 15.5 Å². The Hall–Kier alpha value is -0.610. The molecule has 0 aliphatic rings. The van der Waals surface area contributed by atoms with Crippen molar-refractivity contribution in [2.75, 3.05) is 6.61 Å². The van der Waals surface area contributed by atoms with Crippen LogP contribution in [0.4, 0.5) is 0 Å². The average Bonchev–Trinajstić information content (AvgIpc) is 2.82. The summed E-state index contributed by atoms with van der Waals surface area (Å²) in [6, 6.07) is -0.524. The monoisotopic (exact) mass is 469 g/mol. The summed E-state index contributed by atoms with van der Waals surface area (Å²) >= 11 is 0. The van der Waals surface area contributed by atoms with Crippen LogP contribution in [-0.2, 0) is 4.79 Å². The van der Waals surface area contributed by atoms with Crippen molar-refractivity contribution in [3.8, 4) is 0 Å². The first-order chi connectivity index (χ1) is 16.2. The number of amides is 1. The third kappa shape index (κ3) is 22.9. The molecule has 0 aliphatic carbocycles. The highest BCUT2D eigenvalue weighted by Gasteiger charge is 2.19. The number of aliphatic hydroxyl groups is 2. The number of hydrogen-bond acceptors (Lipinski definition) is 3. The molecule has 0 fully saturated rings. The molecule has 0 aromatic heterocycles. The molecule has 0 radical (unpaired) electrons. The van der Waals surface area contributed by atoms with Gasteiger partial charge in [0.2, 0.25) is 5.91 Å². The Kier molecular flexibility index (Phi) is 25.5. The van der Waals surface area contributed by atoms with E-state index in [1.54, 1.807) is 0 Å². The fourth-order valence-corrected chi connectivity index (χ4v) is 4.53.